The van der Waals surface area contributed by atoms with Crippen molar-refractivity contribution in [1.82, 2.24) is 5.32 Å². The Kier molecular flexibility index (Phi) is 5.67. The van der Waals surface area contributed by atoms with Crippen LogP contribution in [0.25, 0.3) is 0 Å². The molecule has 0 aliphatic heterocycles. The zero-order valence-corrected chi connectivity index (χ0v) is 11.3. The zero-order chi connectivity index (χ0) is 12.1. The number of primary amides is 1. The molecule has 4 heteroatoms. The summed E-state index contributed by atoms with van der Waals surface area (Å²) in [6.07, 6.45) is 1.00. The predicted molar refractivity (Wildman–Crippen MR) is 68.1 cm³/mol. The first-order valence-corrected chi connectivity index (χ1v) is 6.39. The number of thioether (sulfide) groups is 1. The quantitative estimate of drug-likeness (QED) is 0.734. The van der Waals surface area contributed by atoms with E-state index in [1.54, 1.807) is 11.8 Å². The SMILES string of the molecule is CCCNC(C)(CSC(C)(C)C)C(N)=O. The number of nitrogens with two attached hydrogens (primary N) is 1. The molecule has 0 aromatic rings. The minimum atomic E-state index is -0.589. The summed E-state index contributed by atoms with van der Waals surface area (Å²) in [6, 6.07) is 0. The Balaban J connectivity index is 4.32. The molecule has 3 N–H and O–H groups in total. The second kappa shape index (κ2) is 5.75. The van der Waals surface area contributed by atoms with E-state index in [0.717, 1.165) is 13.0 Å². The van der Waals surface area contributed by atoms with Gasteiger partial charge in [-0.05, 0) is 19.9 Å². The largest absolute Gasteiger partial charge is 0.368 e. The van der Waals surface area contributed by atoms with Crippen LogP contribution in [0.3, 0.4) is 0 Å². The number of carbonyl (C=O) groups is 1. The summed E-state index contributed by atoms with van der Waals surface area (Å²) < 4.78 is 0.157. The molecule has 0 aromatic heterocycles. The van der Waals surface area contributed by atoms with Crippen molar-refractivity contribution in [2.45, 2.75) is 51.3 Å². The van der Waals surface area contributed by atoms with Crippen molar-refractivity contribution in [2.75, 3.05) is 12.3 Å². The van der Waals surface area contributed by atoms with E-state index in [-0.39, 0.29) is 10.7 Å². The van der Waals surface area contributed by atoms with E-state index in [4.69, 9.17) is 5.73 Å². The molecule has 0 saturated carbocycles. The van der Waals surface area contributed by atoms with E-state index in [9.17, 15) is 4.79 Å². The first-order valence-electron chi connectivity index (χ1n) is 5.40. The van der Waals surface area contributed by atoms with Gasteiger partial charge in [0.25, 0.3) is 0 Å². The number of hydrogen-bond donors (Lipinski definition) is 2. The van der Waals surface area contributed by atoms with Gasteiger partial charge in [0.2, 0.25) is 5.91 Å². The highest BCUT2D eigenvalue weighted by molar-refractivity contribution is 8.00. The minimum Gasteiger partial charge on any atom is -0.368 e. The molecular weight excluding hydrogens is 208 g/mol. The smallest absolute Gasteiger partial charge is 0.238 e. The van der Waals surface area contributed by atoms with Crippen molar-refractivity contribution in [3.63, 3.8) is 0 Å². The summed E-state index contributed by atoms with van der Waals surface area (Å²) in [5.41, 5.74) is 4.84. The van der Waals surface area contributed by atoms with Crippen molar-refractivity contribution < 1.29 is 4.79 Å². The van der Waals surface area contributed by atoms with Gasteiger partial charge in [0, 0.05) is 10.5 Å². The summed E-state index contributed by atoms with van der Waals surface area (Å²) in [5.74, 6) is 0.443. The normalized spacial score (nSPS) is 16.1. The molecule has 0 bridgehead atoms. The summed E-state index contributed by atoms with van der Waals surface area (Å²) in [4.78, 5) is 11.4. The Morgan fingerprint density at radius 3 is 2.20 bits per heavy atom. The monoisotopic (exact) mass is 232 g/mol. The van der Waals surface area contributed by atoms with Crippen molar-refractivity contribution in [2.24, 2.45) is 5.73 Å². The van der Waals surface area contributed by atoms with Crippen LogP contribution in [0.4, 0.5) is 0 Å². The van der Waals surface area contributed by atoms with E-state index in [1.807, 2.05) is 6.92 Å². The van der Waals surface area contributed by atoms with E-state index in [1.165, 1.54) is 0 Å². The van der Waals surface area contributed by atoms with Crippen LogP contribution < -0.4 is 11.1 Å². The average Bonchev–Trinajstić information content (AvgIpc) is 2.10. The lowest BCUT2D eigenvalue weighted by molar-refractivity contribution is -0.122. The van der Waals surface area contributed by atoms with Gasteiger partial charge >= 0.3 is 0 Å². The zero-order valence-electron chi connectivity index (χ0n) is 10.5. The van der Waals surface area contributed by atoms with Crippen molar-refractivity contribution in [3.8, 4) is 0 Å². The maximum atomic E-state index is 11.4. The van der Waals surface area contributed by atoms with Gasteiger partial charge in [0.15, 0.2) is 0 Å². The van der Waals surface area contributed by atoms with Gasteiger partial charge < -0.3 is 11.1 Å². The molecule has 90 valence electrons. The van der Waals surface area contributed by atoms with Gasteiger partial charge in [-0.25, -0.2) is 0 Å². The predicted octanol–water partition coefficient (Wildman–Crippen LogP) is 1.76. The van der Waals surface area contributed by atoms with Crippen LogP contribution in [-0.4, -0.2) is 28.5 Å². The van der Waals surface area contributed by atoms with E-state index < -0.39 is 5.54 Å². The van der Waals surface area contributed by atoms with Crippen LogP contribution in [0.15, 0.2) is 0 Å². The fourth-order valence-corrected chi connectivity index (χ4v) is 1.94. The number of nitrogens with one attached hydrogen (secondary N) is 1. The second-order valence-corrected chi connectivity index (χ2v) is 6.83. The fourth-order valence-electron chi connectivity index (χ4n) is 0.971. The molecule has 0 aliphatic carbocycles. The Bertz CT molecular complexity index is 213. The Morgan fingerprint density at radius 1 is 1.33 bits per heavy atom. The number of carbonyl (C=O) groups excluding carboxylic acids is 1. The second-order valence-electron chi connectivity index (χ2n) is 5.02. The molecule has 0 saturated heterocycles. The summed E-state index contributed by atoms with van der Waals surface area (Å²) in [7, 11) is 0. The molecule has 0 spiro atoms. The standard InChI is InChI=1S/C11H24N2OS/c1-6-7-13-11(5,9(12)14)8-15-10(2,3)4/h13H,6-8H2,1-5H3,(H2,12,14). The Morgan fingerprint density at radius 2 is 1.87 bits per heavy atom. The van der Waals surface area contributed by atoms with Gasteiger partial charge in [-0.3, -0.25) is 4.79 Å². The van der Waals surface area contributed by atoms with Gasteiger partial charge in [-0.1, -0.05) is 27.7 Å². The maximum absolute atomic E-state index is 11.4. The first kappa shape index (κ1) is 14.8. The summed E-state index contributed by atoms with van der Waals surface area (Å²) >= 11 is 1.76. The molecule has 15 heavy (non-hydrogen) atoms. The third-order valence-electron chi connectivity index (χ3n) is 2.10. The highest BCUT2D eigenvalue weighted by Gasteiger charge is 2.31. The van der Waals surface area contributed by atoms with E-state index in [0.29, 0.717) is 5.75 Å². The van der Waals surface area contributed by atoms with Crippen molar-refractivity contribution in [3.05, 3.63) is 0 Å². The highest BCUT2D eigenvalue weighted by Crippen LogP contribution is 2.26. The average molecular weight is 232 g/mol. The van der Waals surface area contributed by atoms with Crippen molar-refractivity contribution >= 4 is 17.7 Å². The molecule has 1 amide bonds. The fraction of sp³-hybridized carbons (Fsp3) is 0.909. The van der Waals surface area contributed by atoms with Gasteiger partial charge in [-0.15, -0.1) is 0 Å². The lowest BCUT2D eigenvalue weighted by Gasteiger charge is -2.30. The number of amides is 1. The van der Waals surface area contributed by atoms with Crippen LogP contribution in [-0.2, 0) is 4.79 Å². The van der Waals surface area contributed by atoms with Crippen LogP contribution in [0, 0.1) is 0 Å². The van der Waals surface area contributed by atoms with Crippen LogP contribution in [0.2, 0.25) is 0 Å². The Labute approximate surface area is 97.6 Å². The van der Waals surface area contributed by atoms with Gasteiger partial charge in [0.05, 0.1) is 0 Å². The molecule has 0 fully saturated rings. The van der Waals surface area contributed by atoms with E-state index in [2.05, 4.69) is 33.0 Å². The Hall–Kier alpha value is -0.220. The molecule has 3 nitrogen and oxygen atoms in total. The molecular formula is C11H24N2OS. The maximum Gasteiger partial charge on any atom is 0.238 e. The van der Waals surface area contributed by atoms with Crippen LogP contribution >= 0.6 is 11.8 Å². The lowest BCUT2D eigenvalue weighted by Crippen LogP contribution is -2.55. The molecule has 0 aliphatic rings. The van der Waals surface area contributed by atoms with Gasteiger partial charge in [-0.2, -0.15) is 11.8 Å². The van der Waals surface area contributed by atoms with Crippen molar-refractivity contribution in [1.29, 1.82) is 0 Å². The topological polar surface area (TPSA) is 55.1 Å². The summed E-state index contributed by atoms with van der Waals surface area (Å²) in [5, 5.41) is 3.22. The minimum absolute atomic E-state index is 0.157. The number of hydrogen-bond acceptors (Lipinski definition) is 3. The van der Waals surface area contributed by atoms with Crippen LogP contribution in [0.1, 0.15) is 41.0 Å². The first-order chi connectivity index (χ1) is 6.71. The highest BCUT2D eigenvalue weighted by atomic mass is 32.2. The third-order valence-corrected chi connectivity index (χ3v) is 3.69. The lowest BCUT2D eigenvalue weighted by atomic mass is 10.0. The molecule has 0 radical (unpaired) electrons. The molecule has 1 atom stereocenters. The van der Waals surface area contributed by atoms with E-state index >= 15 is 0 Å². The molecule has 0 aromatic carbocycles. The summed E-state index contributed by atoms with van der Waals surface area (Å²) in [6.45, 7) is 11.2. The van der Waals surface area contributed by atoms with Gasteiger partial charge in [0.1, 0.15) is 5.54 Å². The molecule has 0 rings (SSSR count). The number of rotatable bonds is 6. The molecule has 0 heterocycles. The van der Waals surface area contributed by atoms with Crippen LogP contribution in [0.5, 0.6) is 0 Å². The molecule has 1 unspecified atom stereocenters. The third kappa shape index (κ3) is 6.05.